The Morgan fingerprint density at radius 1 is 1.22 bits per heavy atom. The molecular formula is C13H8N4O. The normalized spacial score (nSPS) is 10.4. The molecule has 0 fully saturated rings. The molecule has 0 unspecified atom stereocenters. The SMILES string of the molecule is N#Cc1ccc(-c2cc(=O)n3nccc3[nH]2)cc1. The first-order chi connectivity index (χ1) is 8.78. The van der Waals surface area contributed by atoms with E-state index in [0.29, 0.717) is 16.9 Å². The number of hydrogen-bond donors (Lipinski definition) is 1. The molecule has 0 aliphatic carbocycles. The smallest absolute Gasteiger partial charge is 0.274 e. The van der Waals surface area contributed by atoms with Crippen molar-refractivity contribution in [3.8, 4) is 17.3 Å². The third-order valence-corrected chi connectivity index (χ3v) is 2.71. The zero-order valence-electron chi connectivity index (χ0n) is 9.29. The summed E-state index contributed by atoms with van der Waals surface area (Å²) in [6, 6.07) is 12.3. The molecule has 3 rings (SSSR count). The van der Waals surface area contributed by atoms with E-state index < -0.39 is 0 Å². The summed E-state index contributed by atoms with van der Waals surface area (Å²) in [4.78, 5) is 14.9. The van der Waals surface area contributed by atoms with Crippen molar-refractivity contribution in [2.75, 3.05) is 0 Å². The van der Waals surface area contributed by atoms with Crippen LogP contribution in [0.25, 0.3) is 16.9 Å². The molecule has 18 heavy (non-hydrogen) atoms. The minimum atomic E-state index is -0.187. The number of hydrogen-bond acceptors (Lipinski definition) is 3. The lowest BCUT2D eigenvalue weighted by atomic mass is 10.1. The summed E-state index contributed by atoms with van der Waals surface area (Å²) in [6.45, 7) is 0. The van der Waals surface area contributed by atoms with Crippen LogP contribution in [0.5, 0.6) is 0 Å². The molecule has 0 amide bonds. The monoisotopic (exact) mass is 236 g/mol. The number of benzene rings is 1. The largest absolute Gasteiger partial charge is 0.339 e. The van der Waals surface area contributed by atoms with Crippen molar-refractivity contribution in [3.05, 3.63) is 58.5 Å². The molecule has 0 radical (unpaired) electrons. The lowest BCUT2D eigenvalue weighted by Crippen LogP contribution is -2.13. The Bertz CT molecular complexity index is 805. The fourth-order valence-electron chi connectivity index (χ4n) is 1.81. The Hall–Kier alpha value is -2.87. The van der Waals surface area contributed by atoms with Crippen molar-refractivity contribution in [2.45, 2.75) is 0 Å². The summed E-state index contributed by atoms with van der Waals surface area (Å²) in [5.74, 6) is 0. The van der Waals surface area contributed by atoms with Crippen molar-refractivity contribution >= 4 is 5.65 Å². The van der Waals surface area contributed by atoms with Gasteiger partial charge in [-0.2, -0.15) is 14.9 Å². The first kappa shape index (κ1) is 10.3. The van der Waals surface area contributed by atoms with E-state index in [2.05, 4.69) is 16.2 Å². The standard InChI is InChI=1S/C13H8N4O/c14-8-9-1-3-10(4-2-9)11-7-13(18)17-12(16-11)5-6-15-17/h1-7,16H. The van der Waals surface area contributed by atoms with Crippen molar-refractivity contribution < 1.29 is 0 Å². The van der Waals surface area contributed by atoms with Crippen LogP contribution in [0.2, 0.25) is 0 Å². The van der Waals surface area contributed by atoms with Crippen LogP contribution in [0, 0.1) is 11.3 Å². The van der Waals surface area contributed by atoms with Crippen molar-refractivity contribution in [1.29, 1.82) is 5.26 Å². The van der Waals surface area contributed by atoms with Crippen LogP contribution in [-0.4, -0.2) is 14.6 Å². The Balaban J connectivity index is 2.19. The third kappa shape index (κ3) is 1.57. The number of rotatable bonds is 1. The van der Waals surface area contributed by atoms with E-state index in [1.165, 1.54) is 10.6 Å². The van der Waals surface area contributed by atoms with E-state index in [9.17, 15) is 4.79 Å². The molecule has 5 heteroatoms. The molecule has 0 aliphatic heterocycles. The van der Waals surface area contributed by atoms with E-state index in [1.807, 2.05) is 0 Å². The summed E-state index contributed by atoms with van der Waals surface area (Å²) in [7, 11) is 0. The number of nitrogens with zero attached hydrogens (tertiary/aromatic N) is 3. The Morgan fingerprint density at radius 3 is 2.72 bits per heavy atom. The molecule has 2 heterocycles. The second kappa shape index (κ2) is 3.86. The quantitative estimate of drug-likeness (QED) is 0.696. The molecule has 3 aromatic rings. The molecule has 2 aromatic heterocycles. The lowest BCUT2D eigenvalue weighted by Gasteiger charge is -2.02. The van der Waals surface area contributed by atoms with Crippen molar-refractivity contribution in [3.63, 3.8) is 0 Å². The Morgan fingerprint density at radius 2 is 2.00 bits per heavy atom. The maximum absolute atomic E-state index is 11.8. The predicted molar refractivity (Wildman–Crippen MR) is 66.0 cm³/mol. The van der Waals surface area contributed by atoms with Crippen LogP contribution in [0.1, 0.15) is 5.56 Å². The number of nitrogens with one attached hydrogen (secondary N) is 1. The molecule has 0 bridgehead atoms. The van der Waals surface area contributed by atoms with E-state index >= 15 is 0 Å². The van der Waals surface area contributed by atoms with Crippen LogP contribution in [0.4, 0.5) is 0 Å². The van der Waals surface area contributed by atoms with Gasteiger partial charge in [0, 0.05) is 12.1 Å². The summed E-state index contributed by atoms with van der Waals surface area (Å²) in [5, 5.41) is 12.6. The number of H-pyrrole nitrogens is 1. The lowest BCUT2D eigenvalue weighted by molar-refractivity contribution is 0.901. The minimum absolute atomic E-state index is 0.187. The summed E-state index contributed by atoms with van der Waals surface area (Å²) < 4.78 is 1.30. The zero-order chi connectivity index (χ0) is 12.5. The van der Waals surface area contributed by atoms with Gasteiger partial charge < -0.3 is 4.98 Å². The molecular weight excluding hydrogens is 228 g/mol. The molecule has 1 N–H and O–H groups in total. The van der Waals surface area contributed by atoms with Crippen LogP contribution >= 0.6 is 0 Å². The minimum Gasteiger partial charge on any atom is -0.339 e. The van der Waals surface area contributed by atoms with E-state index in [4.69, 9.17) is 5.26 Å². The third-order valence-electron chi connectivity index (χ3n) is 2.71. The number of aromatic nitrogens is 3. The highest BCUT2D eigenvalue weighted by molar-refractivity contribution is 5.62. The van der Waals surface area contributed by atoms with Crippen molar-refractivity contribution in [2.24, 2.45) is 0 Å². The first-order valence-electron chi connectivity index (χ1n) is 5.35. The van der Waals surface area contributed by atoms with Gasteiger partial charge in [-0.25, -0.2) is 0 Å². The van der Waals surface area contributed by atoms with Gasteiger partial charge in [0.15, 0.2) is 0 Å². The molecule has 86 valence electrons. The van der Waals surface area contributed by atoms with Gasteiger partial charge in [-0.1, -0.05) is 12.1 Å². The van der Waals surface area contributed by atoms with Gasteiger partial charge in [-0.3, -0.25) is 4.79 Å². The van der Waals surface area contributed by atoms with Gasteiger partial charge in [0.1, 0.15) is 5.65 Å². The average Bonchev–Trinajstić information content (AvgIpc) is 2.88. The highest BCUT2D eigenvalue weighted by Crippen LogP contribution is 2.16. The number of aromatic amines is 1. The summed E-state index contributed by atoms with van der Waals surface area (Å²) >= 11 is 0. The maximum atomic E-state index is 11.8. The fourth-order valence-corrected chi connectivity index (χ4v) is 1.81. The first-order valence-corrected chi connectivity index (χ1v) is 5.35. The van der Waals surface area contributed by atoms with E-state index in [-0.39, 0.29) is 5.56 Å². The second-order valence-corrected chi connectivity index (χ2v) is 3.84. The molecule has 0 saturated carbocycles. The molecule has 0 saturated heterocycles. The molecule has 0 aliphatic rings. The average molecular weight is 236 g/mol. The van der Waals surface area contributed by atoms with E-state index in [1.54, 1.807) is 36.5 Å². The van der Waals surface area contributed by atoms with Crippen LogP contribution < -0.4 is 5.56 Å². The maximum Gasteiger partial charge on any atom is 0.274 e. The van der Waals surface area contributed by atoms with Gasteiger partial charge >= 0.3 is 0 Å². The highest BCUT2D eigenvalue weighted by Gasteiger charge is 2.04. The van der Waals surface area contributed by atoms with Crippen LogP contribution in [0.3, 0.4) is 0 Å². The predicted octanol–water partition coefficient (Wildman–Crippen LogP) is 1.56. The van der Waals surface area contributed by atoms with Gasteiger partial charge in [-0.15, -0.1) is 0 Å². The summed E-state index contributed by atoms with van der Waals surface area (Å²) in [5.41, 5.74) is 2.61. The molecule has 5 nitrogen and oxygen atoms in total. The van der Waals surface area contributed by atoms with Gasteiger partial charge in [0.2, 0.25) is 0 Å². The molecule has 1 aromatic carbocycles. The zero-order valence-corrected chi connectivity index (χ0v) is 9.29. The topological polar surface area (TPSA) is 73.9 Å². The molecule has 0 atom stereocenters. The van der Waals surface area contributed by atoms with Crippen LogP contribution in [0.15, 0.2) is 47.4 Å². The van der Waals surface area contributed by atoms with Gasteiger partial charge in [0.05, 0.1) is 23.5 Å². The fraction of sp³-hybridized carbons (Fsp3) is 0. The second-order valence-electron chi connectivity index (χ2n) is 3.84. The highest BCUT2D eigenvalue weighted by atomic mass is 16.1. The molecule has 0 spiro atoms. The van der Waals surface area contributed by atoms with Gasteiger partial charge in [-0.05, 0) is 17.7 Å². The summed E-state index contributed by atoms with van der Waals surface area (Å²) in [6.07, 6.45) is 1.57. The van der Waals surface area contributed by atoms with E-state index in [0.717, 1.165) is 5.56 Å². The Labute approximate surface area is 102 Å². The van der Waals surface area contributed by atoms with Gasteiger partial charge in [0.25, 0.3) is 5.56 Å². The van der Waals surface area contributed by atoms with Crippen LogP contribution in [-0.2, 0) is 0 Å². The number of fused-ring (bicyclic) bond motifs is 1. The number of nitriles is 1. The van der Waals surface area contributed by atoms with Crippen molar-refractivity contribution in [1.82, 2.24) is 14.6 Å². The Kier molecular flexibility index (Phi) is 2.21.